The first-order valence-corrected chi connectivity index (χ1v) is 15.3. The molecule has 6 rings (SSSR count). The lowest BCUT2D eigenvalue weighted by molar-refractivity contribution is 0.0697. The molecule has 5 heterocycles. The van der Waals surface area contributed by atoms with Gasteiger partial charge in [0.1, 0.15) is 0 Å². The van der Waals surface area contributed by atoms with Crippen LogP contribution in [-0.2, 0) is 21.2 Å². The predicted octanol–water partition coefficient (Wildman–Crippen LogP) is 3.50. The normalized spacial score (nSPS) is 17.2. The van der Waals surface area contributed by atoms with Crippen molar-refractivity contribution in [3.05, 3.63) is 60.1 Å². The molecule has 12 heteroatoms. The Morgan fingerprint density at radius 3 is 2.67 bits per heavy atom. The number of hydrogen-bond donors (Lipinski definition) is 1. The minimum atomic E-state index is -3.46. The molecule has 11 nitrogen and oxygen atoms in total. The Bertz CT molecular complexity index is 1650. The lowest BCUT2D eigenvalue weighted by Crippen LogP contribution is -2.38. The van der Waals surface area contributed by atoms with Gasteiger partial charge < -0.3 is 14.6 Å². The SMILES string of the molecule is CCC(C)n1cc(C(=O)NC2CCOCC2)c2cnc(Cc3ccnc(-c4cnn(S(=O)(=O)C5CC5)c4)n3)cc21. The van der Waals surface area contributed by atoms with Crippen LogP contribution < -0.4 is 5.32 Å². The number of pyridine rings is 1. The number of aromatic nitrogens is 6. The van der Waals surface area contributed by atoms with Gasteiger partial charge in [-0.05, 0) is 51.2 Å². The number of nitrogens with one attached hydrogen (secondary N) is 1. The van der Waals surface area contributed by atoms with Crippen molar-refractivity contribution in [1.29, 1.82) is 0 Å². The average Bonchev–Trinajstić information content (AvgIpc) is 3.59. The van der Waals surface area contributed by atoms with E-state index in [1.807, 2.05) is 18.3 Å². The highest BCUT2D eigenvalue weighted by Crippen LogP contribution is 2.30. The van der Waals surface area contributed by atoms with E-state index >= 15 is 0 Å². The molecule has 1 aliphatic carbocycles. The number of nitrogens with zero attached hydrogens (tertiary/aromatic N) is 6. The molecule has 1 N–H and O–H groups in total. The smallest absolute Gasteiger partial charge is 0.256 e. The van der Waals surface area contributed by atoms with Crippen LogP contribution >= 0.6 is 0 Å². The Hall–Kier alpha value is -3.64. The van der Waals surface area contributed by atoms with E-state index < -0.39 is 10.0 Å². The van der Waals surface area contributed by atoms with Crippen LogP contribution in [0, 0.1) is 0 Å². The van der Waals surface area contributed by atoms with Gasteiger partial charge in [-0.25, -0.2) is 18.4 Å². The molecule has 0 spiro atoms. The first-order chi connectivity index (χ1) is 19.3. The maximum atomic E-state index is 13.2. The summed E-state index contributed by atoms with van der Waals surface area (Å²) < 4.78 is 33.6. The summed E-state index contributed by atoms with van der Waals surface area (Å²) in [6.45, 7) is 5.59. The molecule has 1 aliphatic heterocycles. The third-order valence-electron chi connectivity index (χ3n) is 7.74. The molecule has 0 aromatic carbocycles. The first-order valence-electron chi connectivity index (χ1n) is 13.8. The molecule has 0 radical (unpaired) electrons. The summed E-state index contributed by atoms with van der Waals surface area (Å²) in [6.07, 6.45) is 12.7. The van der Waals surface area contributed by atoms with Crippen molar-refractivity contribution in [3.63, 3.8) is 0 Å². The Balaban J connectivity index is 1.26. The molecular weight excluding hydrogens is 530 g/mol. The van der Waals surface area contributed by atoms with Crippen molar-refractivity contribution in [2.75, 3.05) is 13.2 Å². The van der Waals surface area contributed by atoms with E-state index in [1.165, 1.54) is 12.4 Å². The lowest BCUT2D eigenvalue weighted by atomic mass is 10.1. The van der Waals surface area contributed by atoms with E-state index in [0.29, 0.717) is 49.4 Å². The maximum absolute atomic E-state index is 13.2. The largest absolute Gasteiger partial charge is 0.381 e. The predicted molar refractivity (Wildman–Crippen MR) is 149 cm³/mol. The second-order valence-electron chi connectivity index (χ2n) is 10.7. The van der Waals surface area contributed by atoms with Crippen molar-refractivity contribution >= 4 is 26.8 Å². The zero-order valence-electron chi connectivity index (χ0n) is 22.7. The van der Waals surface area contributed by atoms with Gasteiger partial charge in [-0.2, -0.15) is 9.19 Å². The van der Waals surface area contributed by atoms with E-state index in [4.69, 9.17) is 4.74 Å². The molecule has 1 saturated carbocycles. The van der Waals surface area contributed by atoms with Gasteiger partial charge in [0, 0.05) is 61.4 Å². The zero-order valence-corrected chi connectivity index (χ0v) is 23.5. The lowest BCUT2D eigenvalue weighted by Gasteiger charge is -2.22. The molecule has 2 fully saturated rings. The fourth-order valence-corrected chi connectivity index (χ4v) is 6.50. The molecule has 210 valence electrons. The van der Waals surface area contributed by atoms with Gasteiger partial charge in [-0.1, -0.05) is 6.92 Å². The van der Waals surface area contributed by atoms with Gasteiger partial charge in [0.25, 0.3) is 15.9 Å². The highest BCUT2D eigenvalue weighted by molar-refractivity contribution is 7.90. The third-order valence-corrected chi connectivity index (χ3v) is 9.78. The van der Waals surface area contributed by atoms with Gasteiger partial charge in [0.2, 0.25) is 0 Å². The Morgan fingerprint density at radius 2 is 1.93 bits per heavy atom. The van der Waals surface area contributed by atoms with Crippen molar-refractivity contribution in [3.8, 4) is 11.4 Å². The average molecular weight is 564 g/mol. The van der Waals surface area contributed by atoms with Gasteiger partial charge in [0.05, 0.1) is 40.0 Å². The fourth-order valence-electron chi connectivity index (χ4n) is 5.03. The van der Waals surface area contributed by atoms with Gasteiger partial charge in [-0.3, -0.25) is 9.78 Å². The van der Waals surface area contributed by atoms with Crippen LogP contribution in [-0.4, -0.2) is 67.5 Å². The highest BCUT2D eigenvalue weighted by atomic mass is 32.2. The van der Waals surface area contributed by atoms with Crippen LogP contribution in [0.1, 0.15) is 73.7 Å². The standard InChI is InChI=1S/C28H33N7O4S/c1-3-18(2)34-17-25(28(36)33-20-7-10-39-11-8-20)24-15-30-22(13-26(24)34)12-21-6-9-29-27(32-21)19-14-31-35(16-19)40(37,38)23-4-5-23/h6,9,13-18,20,23H,3-5,7-8,10-12H2,1-2H3,(H,33,36). The number of carbonyl (C=O) groups is 1. The highest BCUT2D eigenvalue weighted by Gasteiger charge is 2.37. The number of amides is 1. The van der Waals surface area contributed by atoms with Crippen LogP contribution in [0.15, 0.2) is 43.1 Å². The summed E-state index contributed by atoms with van der Waals surface area (Å²) in [5, 5.41) is 7.70. The summed E-state index contributed by atoms with van der Waals surface area (Å²) in [4.78, 5) is 26.9. The number of carbonyl (C=O) groups excluding carboxylic acids is 1. The molecule has 1 unspecified atom stereocenters. The van der Waals surface area contributed by atoms with E-state index in [2.05, 4.69) is 43.8 Å². The maximum Gasteiger partial charge on any atom is 0.256 e. The van der Waals surface area contributed by atoms with E-state index in [9.17, 15) is 13.2 Å². The number of ether oxygens (including phenoxy) is 1. The molecule has 1 saturated heterocycles. The van der Waals surface area contributed by atoms with Crippen LogP contribution in [0.25, 0.3) is 22.3 Å². The van der Waals surface area contributed by atoms with E-state index in [1.54, 1.807) is 12.4 Å². The molecule has 4 aromatic heterocycles. The molecule has 1 atom stereocenters. The third kappa shape index (κ3) is 5.25. The summed E-state index contributed by atoms with van der Waals surface area (Å²) >= 11 is 0. The van der Waals surface area contributed by atoms with Crippen LogP contribution in [0.5, 0.6) is 0 Å². The van der Waals surface area contributed by atoms with Crippen LogP contribution in [0.4, 0.5) is 0 Å². The van der Waals surface area contributed by atoms with Crippen molar-refractivity contribution < 1.29 is 17.9 Å². The van der Waals surface area contributed by atoms with Gasteiger partial charge in [0.15, 0.2) is 5.82 Å². The van der Waals surface area contributed by atoms with Crippen LogP contribution in [0.2, 0.25) is 0 Å². The summed E-state index contributed by atoms with van der Waals surface area (Å²) in [5.41, 5.74) is 3.68. The van der Waals surface area contributed by atoms with Gasteiger partial charge in [-0.15, -0.1) is 0 Å². The summed E-state index contributed by atoms with van der Waals surface area (Å²) in [5.74, 6) is 0.323. The van der Waals surface area contributed by atoms with Crippen molar-refractivity contribution in [2.24, 2.45) is 0 Å². The molecule has 1 amide bonds. The minimum absolute atomic E-state index is 0.0850. The minimum Gasteiger partial charge on any atom is -0.381 e. The van der Waals surface area contributed by atoms with Crippen LogP contribution in [0.3, 0.4) is 0 Å². The quantitative estimate of drug-likeness (QED) is 0.327. The summed E-state index contributed by atoms with van der Waals surface area (Å²) in [7, 11) is -3.46. The number of fused-ring (bicyclic) bond motifs is 1. The van der Waals surface area contributed by atoms with E-state index in [0.717, 1.165) is 45.6 Å². The second kappa shape index (κ2) is 10.7. The second-order valence-corrected chi connectivity index (χ2v) is 12.7. The van der Waals surface area contributed by atoms with Crippen molar-refractivity contribution in [1.82, 2.24) is 34.0 Å². The Kier molecular flexibility index (Phi) is 7.13. The van der Waals surface area contributed by atoms with Gasteiger partial charge >= 0.3 is 0 Å². The van der Waals surface area contributed by atoms with Crippen molar-refractivity contribution in [2.45, 2.75) is 69.7 Å². The number of rotatable bonds is 9. The molecule has 4 aromatic rings. The molecule has 2 aliphatic rings. The molecule has 40 heavy (non-hydrogen) atoms. The molecule has 0 bridgehead atoms. The molecular formula is C28H33N7O4S. The zero-order chi connectivity index (χ0) is 27.9. The Morgan fingerprint density at radius 1 is 1.12 bits per heavy atom. The monoisotopic (exact) mass is 563 g/mol. The fraction of sp³-hybridized carbons (Fsp3) is 0.464. The first kappa shape index (κ1) is 26.6. The Labute approximate surface area is 233 Å². The summed E-state index contributed by atoms with van der Waals surface area (Å²) in [6, 6.07) is 4.16. The number of hydrogen-bond acceptors (Lipinski definition) is 8. The van der Waals surface area contributed by atoms with E-state index in [-0.39, 0.29) is 23.2 Å². The topological polar surface area (TPSA) is 134 Å².